The molecule has 0 aliphatic carbocycles. The Kier molecular flexibility index (Phi) is 4.99. The summed E-state index contributed by atoms with van der Waals surface area (Å²) in [6.07, 6.45) is 1.26. The molecule has 0 aliphatic heterocycles. The standard InChI is InChI=1S/C20H15N7O3S2/c1-10-3-5-12-14(7-10)31-19(23-12)25-17-16(27(28)29)18(22-9-21-17)26-20-24-13-6-4-11(30-2)8-15(13)32-20/h3-9H,1-2H3,(H2,21,22,23,24,25,26). The molecule has 0 fully saturated rings. The van der Waals surface area contributed by atoms with Crippen LogP contribution in [0.1, 0.15) is 5.56 Å². The van der Waals surface area contributed by atoms with Crippen LogP contribution in [0, 0.1) is 17.0 Å². The van der Waals surface area contributed by atoms with Gasteiger partial charge in [-0.1, -0.05) is 28.7 Å². The van der Waals surface area contributed by atoms with Gasteiger partial charge in [-0.2, -0.15) is 0 Å². The molecule has 5 aromatic rings. The first-order valence-electron chi connectivity index (χ1n) is 9.35. The van der Waals surface area contributed by atoms with E-state index in [2.05, 4.69) is 30.6 Å². The molecule has 0 atom stereocenters. The number of hydrogen-bond acceptors (Lipinski definition) is 11. The summed E-state index contributed by atoms with van der Waals surface area (Å²) >= 11 is 2.74. The molecule has 0 radical (unpaired) electrons. The third-order valence-electron chi connectivity index (χ3n) is 4.60. The Labute approximate surface area is 189 Å². The van der Waals surface area contributed by atoms with Crippen LogP contribution in [-0.4, -0.2) is 32.0 Å². The van der Waals surface area contributed by atoms with E-state index in [0.29, 0.717) is 16.0 Å². The normalized spacial score (nSPS) is 11.1. The van der Waals surface area contributed by atoms with Gasteiger partial charge in [0.2, 0.25) is 11.6 Å². The number of nitrogens with one attached hydrogen (secondary N) is 2. The van der Waals surface area contributed by atoms with Gasteiger partial charge in [0, 0.05) is 0 Å². The molecule has 5 rings (SSSR count). The second-order valence-corrected chi connectivity index (χ2v) is 8.83. The Morgan fingerprint density at radius 2 is 1.53 bits per heavy atom. The number of fused-ring (bicyclic) bond motifs is 2. The van der Waals surface area contributed by atoms with Crippen LogP contribution < -0.4 is 15.4 Å². The lowest BCUT2D eigenvalue weighted by atomic mass is 10.2. The van der Waals surface area contributed by atoms with Crippen molar-refractivity contribution >= 4 is 70.7 Å². The molecule has 0 spiro atoms. The van der Waals surface area contributed by atoms with E-state index in [9.17, 15) is 10.1 Å². The average Bonchev–Trinajstić information content (AvgIpc) is 3.35. The van der Waals surface area contributed by atoms with E-state index in [1.165, 1.54) is 29.0 Å². The smallest absolute Gasteiger partial charge is 0.354 e. The van der Waals surface area contributed by atoms with Crippen molar-refractivity contribution in [3.63, 3.8) is 0 Å². The molecule has 2 aromatic carbocycles. The van der Waals surface area contributed by atoms with Crippen LogP contribution in [0.25, 0.3) is 20.4 Å². The molecule has 12 heteroatoms. The summed E-state index contributed by atoms with van der Waals surface area (Å²) in [4.78, 5) is 28.5. The molecular formula is C20H15N7O3S2. The number of ether oxygens (including phenoxy) is 1. The Hall–Kier alpha value is -3.90. The molecule has 3 aromatic heterocycles. The lowest BCUT2D eigenvalue weighted by Gasteiger charge is -2.06. The summed E-state index contributed by atoms with van der Waals surface area (Å²) in [5.41, 5.74) is 2.38. The largest absolute Gasteiger partial charge is 0.497 e. The highest BCUT2D eigenvalue weighted by atomic mass is 32.1. The van der Waals surface area contributed by atoms with Gasteiger partial charge in [0.15, 0.2) is 10.3 Å². The first kappa shape index (κ1) is 20.0. The lowest BCUT2D eigenvalue weighted by molar-refractivity contribution is -0.383. The summed E-state index contributed by atoms with van der Waals surface area (Å²) in [6, 6.07) is 11.4. The van der Waals surface area contributed by atoms with E-state index in [0.717, 1.165) is 26.0 Å². The fourth-order valence-electron chi connectivity index (χ4n) is 3.11. The predicted molar refractivity (Wildman–Crippen MR) is 126 cm³/mol. The number of methoxy groups -OCH3 is 1. The molecule has 32 heavy (non-hydrogen) atoms. The average molecular weight is 466 g/mol. The maximum Gasteiger partial charge on any atom is 0.354 e. The zero-order chi connectivity index (χ0) is 22.2. The Bertz CT molecular complexity index is 1480. The van der Waals surface area contributed by atoms with Crippen LogP contribution in [0.3, 0.4) is 0 Å². The molecule has 0 saturated carbocycles. The number of nitro groups is 1. The van der Waals surface area contributed by atoms with Crippen molar-refractivity contribution in [1.29, 1.82) is 0 Å². The number of aromatic nitrogens is 4. The number of hydrogen-bond donors (Lipinski definition) is 2. The summed E-state index contributed by atoms with van der Waals surface area (Å²) in [5, 5.41) is 18.8. The van der Waals surface area contributed by atoms with Gasteiger partial charge in [0.1, 0.15) is 12.1 Å². The van der Waals surface area contributed by atoms with Gasteiger partial charge in [-0.3, -0.25) is 10.1 Å². The Balaban J connectivity index is 1.49. The fraction of sp³-hybridized carbons (Fsp3) is 0.100. The molecule has 0 bridgehead atoms. The van der Waals surface area contributed by atoms with E-state index >= 15 is 0 Å². The topological polar surface area (TPSA) is 128 Å². The van der Waals surface area contributed by atoms with Crippen molar-refractivity contribution < 1.29 is 9.66 Å². The van der Waals surface area contributed by atoms with Crippen molar-refractivity contribution in [2.24, 2.45) is 0 Å². The zero-order valence-electron chi connectivity index (χ0n) is 16.8. The van der Waals surface area contributed by atoms with Crippen LogP contribution in [-0.2, 0) is 0 Å². The zero-order valence-corrected chi connectivity index (χ0v) is 18.5. The maximum atomic E-state index is 11.9. The Morgan fingerprint density at radius 3 is 2.12 bits per heavy atom. The second kappa shape index (κ2) is 7.98. The van der Waals surface area contributed by atoms with E-state index < -0.39 is 4.92 Å². The summed E-state index contributed by atoms with van der Waals surface area (Å²) in [6.45, 7) is 2.00. The van der Waals surface area contributed by atoms with Crippen LogP contribution in [0.15, 0.2) is 42.7 Å². The van der Waals surface area contributed by atoms with Gasteiger partial charge in [0.05, 0.1) is 32.5 Å². The molecule has 0 aliphatic rings. The number of thiazole rings is 2. The van der Waals surface area contributed by atoms with E-state index in [-0.39, 0.29) is 17.3 Å². The molecule has 2 N–H and O–H groups in total. The quantitative estimate of drug-likeness (QED) is 0.250. The van der Waals surface area contributed by atoms with Crippen molar-refractivity contribution in [2.45, 2.75) is 6.92 Å². The number of aryl methyl sites for hydroxylation is 1. The first-order valence-corrected chi connectivity index (χ1v) is 11.0. The molecule has 0 amide bonds. The van der Waals surface area contributed by atoms with E-state index in [1.54, 1.807) is 13.2 Å². The minimum absolute atomic E-state index is 0.0375. The highest BCUT2D eigenvalue weighted by Crippen LogP contribution is 2.37. The SMILES string of the molecule is COc1ccc2nc(Nc3ncnc(Nc4nc5ccc(C)cc5s4)c3[N+](=O)[O-])sc2c1. The fourth-order valence-corrected chi connectivity index (χ4v) is 4.96. The minimum Gasteiger partial charge on any atom is -0.497 e. The highest BCUT2D eigenvalue weighted by Gasteiger charge is 2.25. The van der Waals surface area contributed by atoms with Crippen LogP contribution in [0.2, 0.25) is 0 Å². The number of rotatable bonds is 6. The number of nitrogens with zero attached hydrogens (tertiary/aromatic N) is 5. The maximum absolute atomic E-state index is 11.9. The van der Waals surface area contributed by atoms with Gasteiger partial charge < -0.3 is 15.4 Å². The van der Waals surface area contributed by atoms with Gasteiger partial charge in [-0.15, -0.1) is 0 Å². The van der Waals surface area contributed by atoms with E-state index in [1.807, 2.05) is 37.3 Å². The first-order chi connectivity index (χ1) is 15.5. The van der Waals surface area contributed by atoms with Gasteiger partial charge in [-0.05, 0) is 42.8 Å². The summed E-state index contributed by atoms with van der Waals surface area (Å²) in [7, 11) is 1.59. The minimum atomic E-state index is -0.529. The third kappa shape index (κ3) is 3.76. The molecule has 0 unspecified atom stereocenters. The number of benzene rings is 2. The Morgan fingerprint density at radius 1 is 0.938 bits per heavy atom. The van der Waals surface area contributed by atoms with Crippen LogP contribution in [0.5, 0.6) is 5.75 Å². The molecule has 10 nitrogen and oxygen atoms in total. The monoisotopic (exact) mass is 465 g/mol. The van der Waals surface area contributed by atoms with Crippen molar-refractivity contribution in [3.05, 3.63) is 58.4 Å². The second-order valence-electron chi connectivity index (χ2n) is 6.77. The predicted octanol–water partition coefficient (Wildman–Crippen LogP) is 5.41. The van der Waals surface area contributed by atoms with Crippen LogP contribution >= 0.6 is 22.7 Å². The lowest BCUT2D eigenvalue weighted by Crippen LogP contribution is -2.05. The number of anilines is 4. The molecule has 3 heterocycles. The summed E-state index contributed by atoms with van der Waals surface area (Å²) < 4.78 is 7.10. The van der Waals surface area contributed by atoms with Crippen LogP contribution in [0.4, 0.5) is 27.6 Å². The molecular weight excluding hydrogens is 450 g/mol. The molecule has 160 valence electrons. The van der Waals surface area contributed by atoms with E-state index in [4.69, 9.17) is 4.74 Å². The van der Waals surface area contributed by atoms with Gasteiger partial charge in [-0.25, -0.2) is 19.9 Å². The van der Waals surface area contributed by atoms with Crippen molar-refractivity contribution in [2.75, 3.05) is 17.7 Å². The molecule has 0 saturated heterocycles. The third-order valence-corrected chi connectivity index (χ3v) is 6.46. The van der Waals surface area contributed by atoms with Gasteiger partial charge >= 0.3 is 5.69 Å². The van der Waals surface area contributed by atoms with Crippen molar-refractivity contribution in [1.82, 2.24) is 19.9 Å². The highest BCUT2D eigenvalue weighted by molar-refractivity contribution is 7.22. The summed E-state index contributed by atoms with van der Waals surface area (Å²) in [5.74, 6) is 0.791. The van der Waals surface area contributed by atoms with Gasteiger partial charge in [0.25, 0.3) is 0 Å². The van der Waals surface area contributed by atoms with Crippen molar-refractivity contribution in [3.8, 4) is 5.75 Å².